The van der Waals surface area contributed by atoms with Gasteiger partial charge in [0.05, 0.1) is 12.9 Å². The minimum absolute atomic E-state index is 0.0260. The number of hydrogen-bond donors (Lipinski definition) is 0. The summed E-state index contributed by atoms with van der Waals surface area (Å²) in [6, 6.07) is 0.776. The smallest absolute Gasteiger partial charge is 0.212 e. The van der Waals surface area contributed by atoms with Crippen molar-refractivity contribution >= 4 is 10.0 Å². The van der Waals surface area contributed by atoms with Crippen LogP contribution in [0.1, 0.15) is 51.4 Å². The topological polar surface area (TPSA) is 49.9 Å². The molecular weight excluding hydrogens is 300 g/mol. The van der Waals surface area contributed by atoms with Gasteiger partial charge < -0.3 is 9.64 Å². The molecule has 1 saturated carbocycles. The molecule has 2 saturated heterocycles. The lowest BCUT2D eigenvalue weighted by Gasteiger charge is -2.46. The van der Waals surface area contributed by atoms with Gasteiger partial charge in [0.25, 0.3) is 0 Å². The lowest BCUT2D eigenvalue weighted by Crippen LogP contribution is -2.57. The molecule has 3 aliphatic rings. The van der Waals surface area contributed by atoms with Gasteiger partial charge in [-0.3, -0.25) is 0 Å². The predicted molar refractivity (Wildman–Crippen MR) is 87.4 cm³/mol. The Morgan fingerprint density at radius 2 is 1.73 bits per heavy atom. The van der Waals surface area contributed by atoms with E-state index in [0.717, 1.165) is 44.8 Å². The van der Waals surface area contributed by atoms with Crippen LogP contribution in [-0.4, -0.2) is 68.3 Å². The van der Waals surface area contributed by atoms with Crippen molar-refractivity contribution in [3.63, 3.8) is 0 Å². The van der Waals surface area contributed by atoms with Crippen molar-refractivity contribution in [3.05, 3.63) is 0 Å². The maximum Gasteiger partial charge on any atom is 0.212 e. The second kappa shape index (κ2) is 6.38. The third-order valence-electron chi connectivity index (χ3n) is 6.03. The second-order valence-electron chi connectivity index (χ2n) is 7.41. The van der Waals surface area contributed by atoms with Crippen LogP contribution in [0.3, 0.4) is 0 Å². The van der Waals surface area contributed by atoms with Gasteiger partial charge in [0.15, 0.2) is 0 Å². The summed E-state index contributed by atoms with van der Waals surface area (Å²) >= 11 is 0. The molecule has 3 fully saturated rings. The van der Waals surface area contributed by atoms with E-state index in [1.165, 1.54) is 31.9 Å². The average molecular weight is 330 g/mol. The summed E-state index contributed by atoms with van der Waals surface area (Å²) in [4.78, 5) is 2.61. The highest BCUT2D eigenvalue weighted by molar-refractivity contribution is 7.88. The van der Waals surface area contributed by atoms with Crippen LogP contribution in [0.15, 0.2) is 0 Å². The summed E-state index contributed by atoms with van der Waals surface area (Å²) in [5, 5.41) is 0. The van der Waals surface area contributed by atoms with Gasteiger partial charge in [0.2, 0.25) is 10.0 Å². The Kier molecular flexibility index (Phi) is 4.84. The molecule has 0 radical (unpaired) electrons. The highest BCUT2D eigenvalue weighted by Gasteiger charge is 2.52. The van der Waals surface area contributed by atoms with Gasteiger partial charge in [0, 0.05) is 37.8 Å². The van der Waals surface area contributed by atoms with E-state index in [0.29, 0.717) is 6.61 Å². The van der Waals surface area contributed by atoms with Gasteiger partial charge in [-0.05, 0) is 38.5 Å². The van der Waals surface area contributed by atoms with E-state index in [1.54, 1.807) is 7.11 Å². The van der Waals surface area contributed by atoms with Crippen LogP contribution in [0.25, 0.3) is 0 Å². The van der Waals surface area contributed by atoms with E-state index in [1.807, 2.05) is 4.31 Å². The standard InChI is InChI=1S/C16H30N2O3S/c1-21-13-15-7-8-16(18(15)22(2,19)20)9-11-17(12-10-16)14-5-3-4-6-14/h14-15H,3-13H2,1-2H3. The van der Waals surface area contributed by atoms with E-state index >= 15 is 0 Å². The Bertz CT molecular complexity index is 480. The van der Waals surface area contributed by atoms with Crippen LogP contribution < -0.4 is 0 Å². The van der Waals surface area contributed by atoms with Crippen molar-refractivity contribution in [3.8, 4) is 0 Å². The van der Waals surface area contributed by atoms with Crippen LogP contribution in [0.4, 0.5) is 0 Å². The molecule has 0 aromatic carbocycles. The predicted octanol–water partition coefficient (Wildman–Crippen LogP) is 1.83. The monoisotopic (exact) mass is 330 g/mol. The first-order chi connectivity index (χ1) is 10.5. The number of hydrogen-bond acceptors (Lipinski definition) is 4. The zero-order valence-corrected chi connectivity index (χ0v) is 14.8. The summed E-state index contributed by atoms with van der Waals surface area (Å²) in [6.07, 6.45) is 10.6. The second-order valence-corrected chi connectivity index (χ2v) is 9.26. The molecule has 1 unspecified atom stereocenters. The van der Waals surface area contributed by atoms with Crippen LogP contribution >= 0.6 is 0 Å². The zero-order chi connectivity index (χ0) is 15.8. The molecule has 6 heteroatoms. The third-order valence-corrected chi connectivity index (χ3v) is 7.43. The van der Waals surface area contributed by atoms with Crippen molar-refractivity contribution in [2.45, 2.75) is 69.0 Å². The molecule has 2 heterocycles. The first-order valence-electron chi connectivity index (χ1n) is 8.69. The van der Waals surface area contributed by atoms with Crippen LogP contribution in [0.5, 0.6) is 0 Å². The summed E-state index contributed by atoms with van der Waals surface area (Å²) < 4.78 is 31.9. The molecule has 0 aromatic heterocycles. The van der Waals surface area contributed by atoms with Gasteiger partial charge >= 0.3 is 0 Å². The summed E-state index contributed by atoms with van der Waals surface area (Å²) in [6.45, 7) is 2.62. The molecule has 2 aliphatic heterocycles. The lowest BCUT2D eigenvalue weighted by atomic mass is 9.85. The van der Waals surface area contributed by atoms with E-state index < -0.39 is 10.0 Å². The molecule has 3 rings (SSSR count). The Morgan fingerprint density at radius 3 is 2.27 bits per heavy atom. The fraction of sp³-hybridized carbons (Fsp3) is 1.00. The third kappa shape index (κ3) is 3.07. The normalized spacial score (nSPS) is 31.3. The number of rotatable bonds is 4. The van der Waals surface area contributed by atoms with Crippen molar-refractivity contribution in [1.82, 2.24) is 9.21 Å². The van der Waals surface area contributed by atoms with Crippen molar-refractivity contribution in [2.75, 3.05) is 33.1 Å². The van der Waals surface area contributed by atoms with Crippen molar-refractivity contribution in [2.24, 2.45) is 0 Å². The summed E-state index contributed by atoms with van der Waals surface area (Å²) in [5.41, 5.74) is -0.147. The fourth-order valence-electron chi connectivity index (χ4n) is 5.06. The summed E-state index contributed by atoms with van der Waals surface area (Å²) in [5.74, 6) is 0. The Hall–Kier alpha value is -0.170. The maximum absolute atomic E-state index is 12.4. The minimum Gasteiger partial charge on any atom is -0.383 e. The largest absolute Gasteiger partial charge is 0.383 e. The lowest BCUT2D eigenvalue weighted by molar-refractivity contribution is 0.0524. The van der Waals surface area contributed by atoms with Gasteiger partial charge in [-0.2, -0.15) is 4.31 Å². The van der Waals surface area contributed by atoms with E-state index in [9.17, 15) is 8.42 Å². The van der Waals surface area contributed by atoms with Gasteiger partial charge in [0.1, 0.15) is 0 Å². The number of likely N-dealkylation sites (tertiary alicyclic amines) is 1. The Morgan fingerprint density at radius 1 is 1.09 bits per heavy atom. The summed E-state index contributed by atoms with van der Waals surface area (Å²) in [7, 11) is -1.52. The van der Waals surface area contributed by atoms with Crippen LogP contribution in [0.2, 0.25) is 0 Å². The molecule has 1 spiro atoms. The van der Waals surface area contributed by atoms with Crippen LogP contribution in [0, 0.1) is 0 Å². The molecule has 128 valence electrons. The first-order valence-corrected chi connectivity index (χ1v) is 10.5. The minimum atomic E-state index is -3.18. The molecule has 1 atom stereocenters. The average Bonchev–Trinajstić information content (AvgIpc) is 3.09. The Balaban J connectivity index is 1.72. The number of ether oxygens (including phenoxy) is 1. The molecular formula is C16H30N2O3S. The molecule has 0 bridgehead atoms. The molecule has 1 aliphatic carbocycles. The Labute approximate surface area is 135 Å². The van der Waals surface area contributed by atoms with Crippen molar-refractivity contribution in [1.29, 1.82) is 0 Å². The molecule has 5 nitrogen and oxygen atoms in total. The van der Waals surface area contributed by atoms with Crippen molar-refractivity contribution < 1.29 is 13.2 Å². The first kappa shape index (κ1) is 16.7. The molecule has 0 N–H and O–H groups in total. The number of sulfonamides is 1. The zero-order valence-electron chi connectivity index (χ0n) is 14.0. The molecule has 0 amide bonds. The number of piperidine rings is 1. The quantitative estimate of drug-likeness (QED) is 0.789. The SMILES string of the molecule is COCC1CCC2(CCN(C3CCCC3)CC2)N1S(C)(=O)=O. The molecule has 22 heavy (non-hydrogen) atoms. The van der Waals surface area contributed by atoms with E-state index in [-0.39, 0.29) is 11.6 Å². The number of methoxy groups -OCH3 is 1. The molecule has 0 aromatic rings. The van der Waals surface area contributed by atoms with E-state index in [4.69, 9.17) is 4.74 Å². The van der Waals surface area contributed by atoms with Crippen LogP contribution in [-0.2, 0) is 14.8 Å². The van der Waals surface area contributed by atoms with E-state index in [2.05, 4.69) is 4.90 Å². The number of nitrogens with zero attached hydrogens (tertiary/aromatic N) is 2. The van der Waals surface area contributed by atoms with Gasteiger partial charge in [-0.25, -0.2) is 8.42 Å². The maximum atomic E-state index is 12.4. The van der Waals surface area contributed by atoms with Gasteiger partial charge in [-0.1, -0.05) is 12.8 Å². The highest BCUT2D eigenvalue weighted by atomic mass is 32.2. The highest BCUT2D eigenvalue weighted by Crippen LogP contribution is 2.44. The fourth-order valence-corrected chi connectivity index (χ4v) is 6.75. The van der Waals surface area contributed by atoms with Gasteiger partial charge in [-0.15, -0.1) is 0 Å².